The molecule has 0 heterocycles. The number of rotatable bonds is 10. The number of aliphatic carboxylic acids is 1. The van der Waals surface area contributed by atoms with E-state index >= 15 is 0 Å². The molecule has 5 nitrogen and oxygen atoms in total. The molecule has 0 saturated carbocycles. The first-order chi connectivity index (χ1) is 8.92. The van der Waals surface area contributed by atoms with Crippen LogP contribution in [0.25, 0.3) is 0 Å². The number of hydrogen-bond donors (Lipinski definition) is 2. The zero-order valence-electron chi connectivity index (χ0n) is 12.6. The molecule has 0 saturated heterocycles. The van der Waals surface area contributed by atoms with Crippen LogP contribution in [0.2, 0.25) is 0 Å². The fourth-order valence-corrected chi connectivity index (χ4v) is 1.73. The van der Waals surface area contributed by atoms with Gasteiger partial charge < -0.3 is 10.4 Å². The van der Waals surface area contributed by atoms with Gasteiger partial charge in [-0.3, -0.25) is 14.5 Å². The summed E-state index contributed by atoms with van der Waals surface area (Å²) in [4.78, 5) is 24.7. The summed E-state index contributed by atoms with van der Waals surface area (Å²) in [6, 6.07) is 0.207. The molecule has 0 aliphatic rings. The van der Waals surface area contributed by atoms with Crippen LogP contribution in [-0.2, 0) is 9.59 Å². The second kappa shape index (κ2) is 9.78. The molecular weight excluding hydrogens is 244 g/mol. The zero-order chi connectivity index (χ0) is 14.8. The van der Waals surface area contributed by atoms with E-state index in [1.54, 1.807) is 6.92 Å². The predicted octanol–water partition coefficient (Wildman–Crippen LogP) is 1.72. The van der Waals surface area contributed by atoms with Crippen LogP contribution < -0.4 is 5.32 Å². The zero-order valence-corrected chi connectivity index (χ0v) is 12.6. The average molecular weight is 272 g/mol. The van der Waals surface area contributed by atoms with Gasteiger partial charge in [0.1, 0.15) is 0 Å². The highest BCUT2D eigenvalue weighted by Gasteiger charge is 2.21. The van der Waals surface area contributed by atoms with Gasteiger partial charge in [0, 0.05) is 19.1 Å². The first-order valence-corrected chi connectivity index (χ1v) is 7.15. The van der Waals surface area contributed by atoms with Gasteiger partial charge in [0.15, 0.2) is 0 Å². The van der Waals surface area contributed by atoms with Crippen LogP contribution in [-0.4, -0.2) is 47.6 Å². The lowest BCUT2D eigenvalue weighted by Gasteiger charge is -2.29. The van der Waals surface area contributed by atoms with Gasteiger partial charge in [0.2, 0.25) is 5.91 Å². The van der Waals surface area contributed by atoms with Gasteiger partial charge in [0.25, 0.3) is 0 Å². The Morgan fingerprint density at radius 1 is 1.26 bits per heavy atom. The molecule has 0 aromatic heterocycles. The maximum absolute atomic E-state index is 11.8. The highest BCUT2D eigenvalue weighted by atomic mass is 16.4. The first kappa shape index (κ1) is 17.9. The number of amides is 1. The SMILES string of the molecule is CCCCNC(=O)CN(CC(C)C(=O)O)C(C)CC. The Balaban J connectivity index is 4.34. The van der Waals surface area contributed by atoms with Gasteiger partial charge in [-0.15, -0.1) is 0 Å². The highest BCUT2D eigenvalue weighted by molar-refractivity contribution is 5.78. The van der Waals surface area contributed by atoms with E-state index in [1.807, 2.05) is 18.7 Å². The van der Waals surface area contributed by atoms with Crippen LogP contribution in [0.4, 0.5) is 0 Å². The van der Waals surface area contributed by atoms with Crippen molar-refractivity contribution in [2.24, 2.45) is 5.92 Å². The quantitative estimate of drug-likeness (QED) is 0.594. The summed E-state index contributed by atoms with van der Waals surface area (Å²) in [5.74, 6) is -1.30. The monoisotopic (exact) mass is 272 g/mol. The summed E-state index contributed by atoms with van der Waals surface area (Å²) < 4.78 is 0. The molecule has 0 rings (SSSR count). The number of carbonyl (C=O) groups excluding carboxylic acids is 1. The van der Waals surface area contributed by atoms with Gasteiger partial charge in [-0.1, -0.05) is 27.2 Å². The first-order valence-electron chi connectivity index (χ1n) is 7.15. The third-order valence-corrected chi connectivity index (χ3v) is 3.34. The number of nitrogens with one attached hydrogen (secondary N) is 1. The van der Waals surface area contributed by atoms with Crippen molar-refractivity contribution >= 4 is 11.9 Å². The molecule has 1 amide bonds. The van der Waals surface area contributed by atoms with Gasteiger partial charge in [0.05, 0.1) is 12.5 Å². The minimum absolute atomic E-state index is 0.0219. The summed E-state index contributed by atoms with van der Waals surface area (Å²) in [5, 5.41) is 11.8. The van der Waals surface area contributed by atoms with E-state index in [9.17, 15) is 9.59 Å². The van der Waals surface area contributed by atoms with Crippen molar-refractivity contribution in [3.8, 4) is 0 Å². The number of unbranched alkanes of at least 4 members (excludes halogenated alkanes) is 1. The summed E-state index contributed by atoms with van der Waals surface area (Å²) in [5.41, 5.74) is 0. The van der Waals surface area contributed by atoms with Gasteiger partial charge in [-0.05, 0) is 19.8 Å². The Hall–Kier alpha value is -1.10. The molecule has 0 aromatic rings. The highest BCUT2D eigenvalue weighted by Crippen LogP contribution is 2.08. The lowest BCUT2D eigenvalue weighted by molar-refractivity contribution is -0.142. The van der Waals surface area contributed by atoms with E-state index in [4.69, 9.17) is 5.11 Å². The maximum Gasteiger partial charge on any atom is 0.307 e. The number of nitrogens with zero attached hydrogens (tertiary/aromatic N) is 1. The lowest BCUT2D eigenvalue weighted by atomic mass is 10.1. The Kier molecular flexibility index (Phi) is 9.21. The summed E-state index contributed by atoms with van der Waals surface area (Å²) in [6.45, 7) is 9.19. The third kappa shape index (κ3) is 7.82. The molecule has 2 N–H and O–H groups in total. The third-order valence-electron chi connectivity index (χ3n) is 3.34. The molecule has 2 atom stereocenters. The average Bonchev–Trinajstić information content (AvgIpc) is 2.37. The minimum atomic E-state index is -0.820. The predicted molar refractivity (Wildman–Crippen MR) is 76.0 cm³/mol. The standard InChI is InChI=1S/C14H28N2O3/c1-5-7-8-15-13(17)10-16(12(4)6-2)9-11(3)14(18)19/h11-12H,5-10H2,1-4H3,(H,15,17)(H,18,19). The summed E-state index contributed by atoms with van der Waals surface area (Å²) in [7, 11) is 0. The van der Waals surface area contributed by atoms with E-state index in [0.29, 0.717) is 13.1 Å². The molecule has 5 heteroatoms. The van der Waals surface area contributed by atoms with Gasteiger partial charge >= 0.3 is 5.97 Å². The van der Waals surface area contributed by atoms with Crippen molar-refractivity contribution in [2.75, 3.05) is 19.6 Å². The number of carboxylic acids is 1. The number of carboxylic acid groups (broad SMARTS) is 1. The van der Waals surface area contributed by atoms with Crippen molar-refractivity contribution in [1.82, 2.24) is 10.2 Å². The molecule has 0 fully saturated rings. The maximum atomic E-state index is 11.8. The van der Waals surface area contributed by atoms with Crippen LogP contribution in [0, 0.1) is 5.92 Å². The van der Waals surface area contributed by atoms with E-state index < -0.39 is 11.9 Å². The van der Waals surface area contributed by atoms with Gasteiger partial charge in [-0.25, -0.2) is 0 Å². The van der Waals surface area contributed by atoms with E-state index in [1.165, 1.54) is 0 Å². The van der Waals surface area contributed by atoms with Crippen LogP contribution in [0.5, 0.6) is 0 Å². The van der Waals surface area contributed by atoms with Crippen molar-refractivity contribution in [2.45, 2.75) is 53.0 Å². The molecule has 0 aliphatic carbocycles. The second-order valence-electron chi connectivity index (χ2n) is 5.13. The molecule has 0 aromatic carbocycles. The second-order valence-corrected chi connectivity index (χ2v) is 5.13. The number of carbonyl (C=O) groups is 2. The summed E-state index contributed by atoms with van der Waals surface area (Å²) in [6.07, 6.45) is 2.92. The fourth-order valence-electron chi connectivity index (χ4n) is 1.73. The molecule has 0 radical (unpaired) electrons. The Labute approximate surface area is 116 Å². The molecule has 0 bridgehead atoms. The van der Waals surface area contributed by atoms with Gasteiger partial charge in [-0.2, -0.15) is 0 Å². The van der Waals surface area contributed by atoms with Crippen LogP contribution in [0.1, 0.15) is 47.0 Å². The van der Waals surface area contributed by atoms with Crippen LogP contribution >= 0.6 is 0 Å². The van der Waals surface area contributed by atoms with Crippen molar-refractivity contribution in [1.29, 1.82) is 0 Å². The van der Waals surface area contributed by atoms with Crippen LogP contribution in [0.3, 0.4) is 0 Å². The number of hydrogen-bond acceptors (Lipinski definition) is 3. The molecule has 0 spiro atoms. The van der Waals surface area contributed by atoms with Crippen molar-refractivity contribution in [3.63, 3.8) is 0 Å². The van der Waals surface area contributed by atoms with E-state index in [0.717, 1.165) is 19.3 Å². The van der Waals surface area contributed by atoms with E-state index in [2.05, 4.69) is 12.2 Å². The van der Waals surface area contributed by atoms with Crippen molar-refractivity contribution < 1.29 is 14.7 Å². The Bertz CT molecular complexity index is 282. The molecule has 112 valence electrons. The minimum Gasteiger partial charge on any atom is -0.481 e. The Morgan fingerprint density at radius 3 is 2.37 bits per heavy atom. The molecule has 19 heavy (non-hydrogen) atoms. The Morgan fingerprint density at radius 2 is 1.89 bits per heavy atom. The lowest BCUT2D eigenvalue weighted by Crippen LogP contribution is -2.44. The fraction of sp³-hybridized carbons (Fsp3) is 0.857. The molecule has 2 unspecified atom stereocenters. The normalized spacial score (nSPS) is 14.2. The van der Waals surface area contributed by atoms with Crippen LogP contribution in [0.15, 0.2) is 0 Å². The summed E-state index contributed by atoms with van der Waals surface area (Å²) >= 11 is 0. The largest absolute Gasteiger partial charge is 0.481 e. The smallest absolute Gasteiger partial charge is 0.307 e. The topological polar surface area (TPSA) is 69.6 Å². The molecular formula is C14H28N2O3. The van der Waals surface area contributed by atoms with Crippen molar-refractivity contribution in [3.05, 3.63) is 0 Å². The molecule has 0 aliphatic heterocycles. The van der Waals surface area contributed by atoms with E-state index in [-0.39, 0.29) is 18.5 Å².